The number of morpholine rings is 1. The maximum atomic E-state index is 14.1. The van der Waals surface area contributed by atoms with Crippen LogP contribution in [0.4, 0.5) is 26.4 Å². The molecule has 0 bridgehead atoms. The molecule has 3 aromatic heterocycles. The van der Waals surface area contributed by atoms with Crippen molar-refractivity contribution in [3.8, 4) is 5.88 Å². The molecule has 1 atom stereocenters. The maximum Gasteiger partial charge on any atom is 0.410 e. The molecule has 0 spiro atoms. The zero-order chi connectivity index (χ0) is 32.4. The lowest BCUT2D eigenvalue weighted by atomic mass is 10.1. The molecular weight excluding hydrogens is 595 g/mol. The first-order valence-corrected chi connectivity index (χ1v) is 15.1. The number of carbonyl (C=O) groups is 2. The summed E-state index contributed by atoms with van der Waals surface area (Å²) in [7, 11) is 1.49. The molecular formula is C32H37FN8O5. The van der Waals surface area contributed by atoms with Gasteiger partial charge in [0.2, 0.25) is 5.88 Å². The van der Waals surface area contributed by atoms with Gasteiger partial charge in [0.15, 0.2) is 11.3 Å². The highest BCUT2D eigenvalue weighted by atomic mass is 19.1. The first kappa shape index (κ1) is 31.0. The maximum absolute atomic E-state index is 14.1. The monoisotopic (exact) mass is 632 g/mol. The molecule has 2 saturated heterocycles. The van der Waals surface area contributed by atoms with Crippen LogP contribution in [0.1, 0.15) is 42.9 Å². The second-order valence-corrected chi connectivity index (χ2v) is 12.1. The summed E-state index contributed by atoms with van der Waals surface area (Å²) in [4.78, 5) is 40.3. The molecule has 5 heterocycles. The zero-order valence-corrected chi connectivity index (χ0v) is 26.3. The number of halogens is 1. The Morgan fingerprint density at radius 2 is 1.80 bits per heavy atom. The Labute approximate surface area is 265 Å². The fourth-order valence-corrected chi connectivity index (χ4v) is 5.55. The Kier molecular flexibility index (Phi) is 8.63. The summed E-state index contributed by atoms with van der Waals surface area (Å²) in [5, 5.41) is 7.32. The predicted molar refractivity (Wildman–Crippen MR) is 169 cm³/mol. The van der Waals surface area contributed by atoms with Crippen LogP contribution >= 0.6 is 0 Å². The molecule has 13 nitrogen and oxygen atoms in total. The molecule has 1 N–H and O–H groups in total. The molecule has 14 heteroatoms. The molecule has 46 heavy (non-hydrogen) atoms. The lowest BCUT2D eigenvalue weighted by Gasteiger charge is -2.37. The molecule has 2 aliphatic heterocycles. The number of piperazine rings is 1. The SMILES string of the molecule is COc1ncc(F)cc1C1COCCN1c1ccn2nc(C(=O)Nc3ccc(N4CCN(C(=O)OC(C)(C)C)CC4)cc3)cc2n1. The van der Waals surface area contributed by atoms with E-state index >= 15 is 0 Å². The fourth-order valence-electron chi connectivity index (χ4n) is 5.55. The van der Waals surface area contributed by atoms with Gasteiger partial charge in [0.1, 0.15) is 17.2 Å². The van der Waals surface area contributed by atoms with E-state index < -0.39 is 11.4 Å². The molecule has 0 radical (unpaired) electrons. The summed E-state index contributed by atoms with van der Waals surface area (Å²) in [5.74, 6) is 0.108. The van der Waals surface area contributed by atoms with Crippen LogP contribution in [-0.2, 0) is 9.47 Å². The Bertz CT molecular complexity index is 1720. The van der Waals surface area contributed by atoms with E-state index in [1.807, 2.05) is 49.9 Å². The van der Waals surface area contributed by atoms with E-state index in [9.17, 15) is 14.0 Å². The minimum Gasteiger partial charge on any atom is -0.481 e. The molecule has 2 fully saturated rings. The van der Waals surface area contributed by atoms with Crippen LogP contribution < -0.4 is 19.9 Å². The Hall–Kier alpha value is -4.98. The highest BCUT2D eigenvalue weighted by molar-refractivity contribution is 6.03. The first-order valence-electron chi connectivity index (χ1n) is 15.1. The van der Waals surface area contributed by atoms with Crippen LogP contribution in [0, 0.1) is 5.82 Å². The quantitative estimate of drug-likeness (QED) is 0.331. The average molecular weight is 633 g/mol. The summed E-state index contributed by atoms with van der Waals surface area (Å²) < 4.78 is 32.3. The van der Waals surface area contributed by atoms with Gasteiger partial charge in [0.25, 0.3) is 5.91 Å². The average Bonchev–Trinajstić information content (AvgIpc) is 3.48. The van der Waals surface area contributed by atoms with E-state index in [0.29, 0.717) is 74.5 Å². The van der Waals surface area contributed by atoms with Gasteiger partial charge >= 0.3 is 6.09 Å². The standard InChI is InChI=1S/C32H37FN8O5/c1-32(2,3)46-31(43)39-13-11-38(12-14-39)23-7-5-22(6-8-23)35-29(42)25-18-28-36-27(9-10-41(28)37-25)40-15-16-45-20-26(40)24-17-21(33)19-34-30(24)44-4/h5-10,17-19,26H,11-16,20H2,1-4H3,(H,35,42). The number of nitrogens with zero attached hydrogens (tertiary/aromatic N) is 7. The van der Waals surface area contributed by atoms with Crippen molar-refractivity contribution < 1.29 is 28.2 Å². The largest absolute Gasteiger partial charge is 0.481 e. The van der Waals surface area contributed by atoms with Crippen molar-refractivity contribution in [2.75, 3.05) is 68.2 Å². The first-order chi connectivity index (χ1) is 22.1. The van der Waals surface area contributed by atoms with E-state index in [0.717, 1.165) is 11.9 Å². The second-order valence-electron chi connectivity index (χ2n) is 12.1. The number of hydrogen-bond donors (Lipinski definition) is 1. The summed E-state index contributed by atoms with van der Waals surface area (Å²) in [6.45, 7) is 9.38. The number of fused-ring (bicyclic) bond motifs is 1. The van der Waals surface area contributed by atoms with Gasteiger partial charge in [0.05, 0.1) is 32.6 Å². The van der Waals surface area contributed by atoms with Gasteiger partial charge in [-0.15, -0.1) is 0 Å². The number of pyridine rings is 1. The Morgan fingerprint density at radius 3 is 2.52 bits per heavy atom. The lowest BCUT2D eigenvalue weighted by Crippen LogP contribution is -2.50. The van der Waals surface area contributed by atoms with E-state index in [-0.39, 0.29) is 23.7 Å². The molecule has 242 valence electrons. The van der Waals surface area contributed by atoms with Gasteiger partial charge in [-0.25, -0.2) is 23.7 Å². The fraction of sp³-hybridized carbons (Fsp3) is 0.406. The summed E-state index contributed by atoms with van der Waals surface area (Å²) in [5.41, 5.74) is 2.36. The number of benzene rings is 1. The van der Waals surface area contributed by atoms with Crippen molar-refractivity contribution in [1.82, 2.24) is 24.5 Å². The van der Waals surface area contributed by atoms with Gasteiger partial charge in [-0.3, -0.25) is 4.79 Å². The second kappa shape index (κ2) is 12.8. The molecule has 1 unspecified atom stereocenters. The Balaban J connectivity index is 1.11. The summed E-state index contributed by atoms with van der Waals surface area (Å²) >= 11 is 0. The molecule has 2 aliphatic rings. The number of carbonyl (C=O) groups excluding carboxylic acids is 2. The molecule has 4 aromatic rings. The normalized spacial score (nSPS) is 17.2. The van der Waals surface area contributed by atoms with E-state index in [1.165, 1.54) is 17.7 Å². The van der Waals surface area contributed by atoms with E-state index in [1.54, 1.807) is 23.2 Å². The Morgan fingerprint density at radius 1 is 1.04 bits per heavy atom. The van der Waals surface area contributed by atoms with Gasteiger partial charge in [0, 0.05) is 61.9 Å². The zero-order valence-electron chi connectivity index (χ0n) is 26.3. The van der Waals surface area contributed by atoms with Crippen molar-refractivity contribution in [2.45, 2.75) is 32.4 Å². The topological polar surface area (TPSA) is 127 Å². The van der Waals surface area contributed by atoms with E-state index in [2.05, 4.69) is 20.3 Å². The number of anilines is 3. The number of hydrogen-bond acceptors (Lipinski definition) is 10. The molecule has 1 aromatic carbocycles. The lowest BCUT2D eigenvalue weighted by molar-refractivity contribution is 0.0240. The van der Waals surface area contributed by atoms with Crippen LogP contribution in [0.5, 0.6) is 5.88 Å². The van der Waals surface area contributed by atoms with Crippen LogP contribution in [0.15, 0.2) is 54.9 Å². The molecule has 2 amide bonds. The molecule has 6 rings (SSSR count). The van der Waals surface area contributed by atoms with Gasteiger partial charge in [-0.1, -0.05) is 0 Å². The third-order valence-corrected chi connectivity index (χ3v) is 7.78. The van der Waals surface area contributed by atoms with Crippen LogP contribution in [0.3, 0.4) is 0 Å². The van der Waals surface area contributed by atoms with Crippen LogP contribution in [0.2, 0.25) is 0 Å². The third-order valence-electron chi connectivity index (χ3n) is 7.78. The van der Waals surface area contributed by atoms with Crippen molar-refractivity contribution in [2.24, 2.45) is 0 Å². The summed E-state index contributed by atoms with van der Waals surface area (Å²) in [6.07, 6.45) is 2.56. The third kappa shape index (κ3) is 6.81. The molecule has 0 saturated carbocycles. The number of methoxy groups -OCH3 is 1. The van der Waals surface area contributed by atoms with E-state index in [4.69, 9.17) is 19.2 Å². The number of amides is 2. The number of aromatic nitrogens is 4. The summed E-state index contributed by atoms with van der Waals surface area (Å²) in [6, 6.07) is 12.0. The highest BCUT2D eigenvalue weighted by Gasteiger charge is 2.30. The van der Waals surface area contributed by atoms with Crippen LogP contribution in [-0.4, -0.2) is 95.1 Å². The van der Waals surface area contributed by atoms with Crippen molar-refractivity contribution in [3.63, 3.8) is 0 Å². The minimum atomic E-state index is -0.525. The number of rotatable bonds is 6. The van der Waals surface area contributed by atoms with Gasteiger partial charge in [-0.05, 0) is 57.2 Å². The van der Waals surface area contributed by atoms with Gasteiger partial charge in [-0.2, -0.15) is 5.10 Å². The van der Waals surface area contributed by atoms with Crippen molar-refractivity contribution >= 4 is 34.8 Å². The van der Waals surface area contributed by atoms with Crippen molar-refractivity contribution in [3.05, 3.63) is 71.9 Å². The van der Waals surface area contributed by atoms with Crippen molar-refractivity contribution in [1.29, 1.82) is 0 Å². The van der Waals surface area contributed by atoms with Crippen LogP contribution in [0.25, 0.3) is 5.65 Å². The number of ether oxygens (including phenoxy) is 3. The molecule has 0 aliphatic carbocycles. The number of nitrogens with one attached hydrogen (secondary N) is 1. The van der Waals surface area contributed by atoms with Gasteiger partial charge < -0.3 is 34.2 Å². The predicted octanol–water partition coefficient (Wildman–Crippen LogP) is 4.16. The highest BCUT2D eigenvalue weighted by Crippen LogP contribution is 2.33. The minimum absolute atomic E-state index is 0.210. The smallest absolute Gasteiger partial charge is 0.410 e.